The number of ether oxygens (including phenoxy) is 1. The zero-order valence-corrected chi connectivity index (χ0v) is 20.1. The van der Waals surface area contributed by atoms with E-state index in [4.69, 9.17) is 4.74 Å². The Kier molecular flexibility index (Phi) is 8.30. The van der Waals surface area contributed by atoms with E-state index in [0.717, 1.165) is 42.7 Å². The lowest BCUT2D eigenvalue weighted by Crippen LogP contribution is -2.29. The molecule has 3 rings (SSSR count). The summed E-state index contributed by atoms with van der Waals surface area (Å²) in [4.78, 5) is 0.178. The fourth-order valence-corrected chi connectivity index (χ4v) is 6.03. The lowest BCUT2D eigenvalue weighted by molar-refractivity contribution is 0.223. The van der Waals surface area contributed by atoms with Gasteiger partial charge in [0.15, 0.2) is 0 Å². The van der Waals surface area contributed by atoms with Crippen LogP contribution in [0.3, 0.4) is 0 Å². The Morgan fingerprint density at radius 2 is 1.97 bits per heavy atom. The second kappa shape index (κ2) is 10.7. The summed E-state index contributed by atoms with van der Waals surface area (Å²) in [6.45, 7) is 4.92. The third-order valence-electron chi connectivity index (χ3n) is 5.90. The molecule has 0 radical (unpaired) electrons. The molecule has 1 aliphatic heterocycles. The molecule has 0 fully saturated rings. The van der Waals surface area contributed by atoms with Gasteiger partial charge in [-0.3, -0.25) is 4.31 Å². The Bertz CT molecular complexity index is 985. The first kappa shape index (κ1) is 24.0. The van der Waals surface area contributed by atoms with Gasteiger partial charge < -0.3 is 9.84 Å². The minimum atomic E-state index is -3.71. The van der Waals surface area contributed by atoms with E-state index in [1.165, 1.54) is 15.9 Å². The van der Waals surface area contributed by atoms with Crippen LogP contribution in [0.15, 0.2) is 41.3 Å². The summed E-state index contributed by atoms with van der Waals surface area (Å²) >= 11 is 4.32. The fourth-order valence-electron chi connectivity index (χ4n) is 4.11. The molecule has 0 bridgehead atoms. The molecule has 1 aliphatic rings. The van der Waals surface area contributed by atoms with Crippen LogP contribution in [0.1, 0.15) is 49.8 Å². The second-order valence-electron chi connectivity index (χ2n) is 8.05. The van der Waals surface area contributed by atoms with Crippen molar-refractivity contribution >= 4 is 28.3 Å². The Balaban J connectivity index is 1.82. The normalized spacial score (nSPS) is 14.5. The molecule has 0 amide bonds. The molecule has 7 heteroatoms. The topological polar surface area (TPSA) is 66.8 Å². The standard InChI is InChI=1S/C24H33NO4S2/c1-3-5-19(11-13-30)17-29-24-9-7-22(15-21(24)16-26)31(27,28)25-12-10-20-14-18(4-2)6-8-23(20)25/h6-9,14-15,19,26,30H,3-5,10-13,16-17H2,1-2H3. The predicted molar refractivity (Wildman–Crippen MR) is 129 cm³/mol. The Morgan fingerprint density at radius 1 is 1.16 bits per heavy atom. The van der Waals surface area contributed by atoms with Crippen LogP contribution in [0, 0.1) is 5.92 Å². The van der Waals surface area contributed by atoms with Crippen LogP contribution in [-0.2, 0) is 29.5 Å². The van der Waals surface area contributed by atoms with Crippen molar-refractivity contribution < 1.29 is 18.3 Å². The van der Waals surface area contributed by atoms with E-state index in [0.29, 0.717) is 36.8 Å². The van der Waals surface area contributed by atoms with E-state index < -0.39 is 10.0 Å². The van der Waals surface area contributed by atoms with E-state index in [-0.39, 0.29) is 11.5 Å². The van der Waals surface area contributed by atoms with E-state index in [2.05, 4.69) is 32.5 Å². The summed E-state index contributed by atoms with van der Waals surface area (Å²) in [5, 5.41) is 9.86. The van der Waals surface area contributed by atoms with Gasteiger partial charge in [0.25, 0.3) is 10.0 Å². The lowest BCUT2D eigenvalue weighted by atomic mass is 10.0. The molecule has 0 aromatic heterocycles. The molecular formula is C24H33NO4S2. The summed E-state index contributed by atoms with van der Waals surface area (Å²) in [6.07, 6.45) is 4.72. The van der Waals surface area contributed by atoms with Gasteiger partial charge in [-0.15, -0.1) is 0 Å². The molecular weight excluding hydrogens is 430 g/mol. The molecule has 170 valence electrons. The maximum Gasteiger partial charge on any atom is 0.264 e. The van der Waals surface area contributed by atoms with E-state index in [1.54, 1.807) is 12.1 Å². The van der Waals surface area contributed by atoms with E-state index >= 15 is 0 Å². The summed E-state index contributed by atoms with van der Waals surface area (Å²) in [6, 6.07) is 10.8. The highest BCUT2D eigenvalue weighted by molar-refractivity contribution is 7.92. The number of hydrogen-bond donors (Lipinski definition) is 2. The third kappa shape index (κ3) is 5.38. The van der Waals surface area contributed by atoms with Crippen LogP contribution >= 0.6 is 12.6 Å². The molecule has 0 aliphatic carbocycles. The minimum absolute atomic E-state index is 0.178. The highest BCUT2D eigenvalue weighted by Crippen LogP contribution is 2.35. The molecule has 1 atom stereocenters. The first-order valence-corrected chi connectivity index (χ1v) is 13.1. The summed E-state index contributed by atoms with van der Waals surface area (Å²) in [5.74, 6) is 1.73. The van der Waals surface area contributed by atoms with E-state index in [9.17, 15) is 13.5 Å². The molecule has 2 aromatic carbocycles. The van der Waals surface area contributed by atoms with Gasteiger partial charge in [-0.25, -0.2) is 8.42 Å². The SMILES string of the molecule is CCCC(CCS)COc1ccc(S(=O)(=O)N2CCc3cc(CC)ccc32)cc1CO. The quantitative estimate of drug-likeness (QED) is 0.478. The van der Waals surface area contributed by atoms with Crippen LogP contribution in [-0.4, -0.2) is 32.4 Å². The Hall–Kier alpha value is -1.70. The van der Waals surface area contributed by atoms with Crippen molar-refractivity contribution in [2.24, 2.45) is 5.92 Å². The molecule has 1 heterocycles. The van der Waals surface area contributed by atoms with Crippen molar-refractivity contribution in [2.75, 3.05) is 23.2 Å². The van der Waals surface area contributed by atoms with Crippen molar-refractivity contribution in [2.45, 2.75) is 57.5 Å². The molecule has 2 aromatic rings. The van der Waals surface area contributed by atoms with Crippen LogP contribution in [0.4, 0.5) is 5.69 Å². The van der Waals surface area contributed by atoms with Crippen LogP contribution in [0.25, 0.3) is 0 Å². The first-order chi connectivity index (χ1) is 14.9. The van der Waals surface area contributed by atoms with Crippen LogP contribution in [0.5, 0.6) is 5.75 Å². The van der Waals surface area contributed by atoms with Gasteiger partial charge in [-0.05, 0) is 72.7 Å². The van der Waals surface area contributed by atoms with Gasteiger partial charge in [-0.2, -0.15) is 12.6 Å². The second-order valence-corrected chi connectivity index (χ2v) is 10.4. The average molecular weight is 464 g/mol. The third-order valence-corrected chi connectivity index (χ3v) is 7.97. The summed E-state index contributed by atoms with van der Waals surface area (Å²) < 4.78 is 34.2. The van der Waals surface area contributed by atoms with Gasteiger partial charge in [0.2, 0.25) is 0 Å². The largest absolute Gasteiger partial charge is 0.493 e. The first-order valence-electron chi connectivity index (χ1n) is 11.1. The minimum Gasteiger partial charge on any atom is -0.493 e. The smallest absolute Gasteiger partial charge is 0.264 e. The number of sulfonamides is 1. The molecule has 0 saturated heterocycles. The van der Waals surface area contributed by atoms with Gasteiger partial charge in [0.1, 0.15) is 5.75 Å². The number of aliphatic hydroxyl groups is 1. The van der Waals surface area contributed by atoms with Crippen molar-refractivity contribution in [1.29, 1.82) is 0 Å². The van der Waals surface area contributed by atoms with Gasteiger partial charge in [-0.1, -0.05) is 32.4 Å². The van der Waals surface area contributed by atoms with Crippen molar-refractivity contribution in [3.8, 4) is 5.75 Å². The maximum absolute atomic E-state index is 13.4. The molecule has 1 unspecified atom stereocenters. The van der Waals surface area contributed by atoms with Crippen LogP contribution in [0.2, 0.25) is 0 Å². The Morgan fingerprint density at radius 3 is 2.65 bits per heavy atom. The number of fused-ring (bicyclic) bond motifs is 1. The molecule has 0 spiro atoms. The van der Waals surface area contributed by atoms with Crippen molar-refractivity contribution in [3.63, 3.8) is 0 Å². The highest BCUT2D eigenvalue weighted by Gasteiger charge is 2.31. The van der Waals surface area contributed by atoms with Gasteiger partial charge in [0.05, 0.1) is 23.8 Å². The van der Waals surface area contributed by atoms with Gasteiger partial charge in [0, 0.05) is 12.1 Å². The number of anilines is 1. The maximum atomic E-state index is 13.4. The average Bonchev–Trinajstić information content (AvgIpc) is 3.21. The monoisotopic (exact) mass is 463 g/mol. The van der Waals surface area contributed by atoms with Crippen molar-refractivity contribution in [3.05, 3.63) is 53.1 Å². The number of nitrogens with zero attached hydrogens (tertiary/aromatic N) is 1. The lowest BCUT2D eigenvalue weighted by Gasteiger charge is -2.21. The van der Waals surface area contributed by atoms with Gasteiger partial charge >= 0.3 is 0 Å². The number of rotatable bonds is 11. The Labute approximate surface area is 191 Å². The molecule has 5 nitrogen and oxygen atoms in total. The van der Waals surface area contributed by atoms with Crippen LogP contribution < -0.4 is 9.04 Å². The molecule has 0 saturated carbocycles. The van der Waals surface area contributed by atoms with Crippen molar-refractivity contribution in [1.82, 2.24) is 0 Å². The number of hydrogen-bond acceptors (Lipinski definition) is 5. The number of aliphatic hydroxyl groups excluding tert-OH is 1. The number of benzene rings is 2. The zero-order valence-electron chi connectivity index (χ0n) is 18.4. The molecule has 31 heavy (non-hydrogen) atoms. The number of aryl methyl sites for hydroxylation is 1. The fraction of sp³-hybridized carbons (Fsp3) is 0.500. The van der Waals surface area contributed by atoms with E-state index in [1.807, 2.05) is 12.1 Å². The zero-order chi connectivity index (χ0) is 22.4. The summed E-state index contributed by atoms with van der Waals surface area (Å²) in [5.41, 5.74) is 3.51. The highest BCUT2D eigenvalue weighted by atomic mass is 32.2. The number of thiol groups is 1. The predicted octanol–water partition coefficient (Wildman–Crippen LogP) is 4.61. The molecule has 1 N–H and O–H groups in total. The summed E-state index contributed by atoms with van der Waals surface area (Å²) in [7, 11) is -3.71.